The van der Waals surface area contributed by atoms with Crippen molar-refractivity contribution in [1.29, 1.82) is 0 Å². The van der Waals surface area contributed by atoms with Crippen molar-refractivity contribution in [2.45, 2.75) is 32.5 Å². The summed E-state index contributed by atoms with van der Waals surface area (Å²) >= 11 is 0. The van der Waals surface area contributed by atoms with E-state index in [0.717, 1.165) is 58.1 Å². The number of ether oxygens (including phenoxy) is 1. The van der Waals surface area contributed by atoms with Crippen LogP contribution in [-0.2, 0) is 29.2 Å². The van der Waals surface area contributed by atoms with Crippen LogP contribution in [0, 0.1) is 11.3 Å². The largest absolute Gasteiger partial charge is 0.481 e. The number of hydrogen-bond donors (Lipinski definition) is 1. The summed E-state index contributed by atoms with van der Waals surface area (Å²) in [7, 11) is 1.71. The second-order valence-electron chi connectivity index (χ2n) is 8.45. The van der Waals surface area contributed by atoms with E-state index in [9.17, 15) is 9.90 Å². The Balaban J connectivity index is 1.43. The lowest BCUT2D eigenvalue weighted by Crippen LogP contribution is -2.35. The number of furan rings is 1. The molecule has 1 N–H and O–H groups in total. The van der Waals surface area contributed by atoms with E-state index < -0.39 is 5.97 Å². The summed E-state index contributed by atoms with van der Waals surface area (Å²) in [5, 5.41) is 9.29. The fourth-order valence-corrected chi connectivity index (χ4v) is 5.08. The number of imidazole rings is 1. The average molecular weight is 402 g/mol. The molecule has 2 aliphatic heterocycles. The highest BCUT2D eigenvalue weighted by Crippen LogP contribution is 2.46. The first-order valence-corrected chi connectivity index (χ1v) is 10.2. The topological polar surface area (TPSA) is 84.0 Å². The van der Waals surface area contributed by atoms with Crippen molar-refractivity contribution in [3.05, 3.63) is 42.4 Å². The number of rotatable bonds is 10. The molecule has 158 valence electrons. The molecule has 4 heterocycles. The van der Waals surface area contributed by atoms with Gasteiger partial charge in [-0.15, -0.1) is 0 Å². The van der Waals surface area contributed by atoms with Crippen LogP contribution in [-0.4, -0.2) is 70.3 Å². The third-order valence-corrected chi connectivity index (χ3v) is 6.43. The molecule has 2 aromatic heterocycles. The second-order valence-corrected chi connectivity index (χ2v) is 8.45. The molecule has 0 saturated carbocycles. The molecule has 0 aromatic carbocycles. The molecule has 4 rings (SSSR count). The van der Waals surface area contributed by atoms with Crippen LogP contribution in [0.2, 0.25) is 0 Å². The maximum absolute atomic E-state index is 11.3. The standard InChI is InChI=1S/C21H30N4O4/c1-28-9-7-25-6-5-22-19(25)13-24-12-18-11-23(10-17-3-8-29-14-17)15-21(18,16-24)4-2-20(26)27/h3,5-6,8,14,18H,2,4,7,9-13,15-16H2,1H3,(H,26,27). The van der Waals surface area contributed by atoms with Crippen molar-refractivity contribution in [2.24, 2.45) is 11.3 Å². The maximum atomic E-state index is 11.3. The Bertz CT molecular complexity index is 805. The van der Waals surface area contributed by atoms with Crippen molar-refractivity contribution in [2.75, 3.05) is 39.9 Å². The molecule has 2 aliphatic rings. The summed E-state index contributed by atoms with van der Waals surface area (Å²) in [4.78, 5) is 20.7. The van der Waals surface area contributed by atoms with Gasteiger partial charge >= 0.3 is 5.97 Å². The van der Waals surface area contributed by atoms with Crippen LogP contribution in [0.15, 0.2) is 35.4 Å². The molecular weight excluding hydrogens is 372 g/mol. The minimum absolute atomic E-state index is 0.0338. The van der Waals surface area contributed by atoms with Gasteiger partial charge in [0.2, 0.25) is 0 Å². The van der Waals surface area contributed by atoms with Gasteiger partial charge in [0, 0.05) is 76.2 Å². The Morgan fingerprint density at radius 3 is 2.83 bits per heavy atom. The third-order valence-electron chi connectivity index (χ3n) is 6.43. The van der Waals surface area contributed by atoms with Gasteiger partial charge < -0.3 is 18.8 Å². The van der Waals surface area contributed by atoms with E-state index in [4.69, 9.17) is 9.15 Å². The lowest BCUT2D eigenvalue weighted by atomic mass is 9.77. The van der Waals surface area contributed by atoms with E-state index in [1.807, 2.05) is 18.5 Å². The molecule has 0 aliphatic carbocycles. The van der Waals surface area contributed by atoms with Crippen LogP contribution < -0.4 is 0 Å². The number of carboxylic acid groups (broad SMARTS) is 1. The molecule has 2 atom stereocenters. The number of methoxy groups -OCH3 is 1. The van der Waals surface area contributed by atoms with E-state index >= 15 is 0 Å². The number of aromatic nitrogens is 2. The zero-order valence-electron chi connectivity index (χ0n) is 17.0. The summed E-state index contributed by atoms with van der Waals surface area (Å²) in [6.07, 6.45) is 8.30. The number of hydrogen-bond acceptors (Lipinski definition) is 6. The first-order valence-electron chi connectivity index (χ1n) is 10.2. The Labute approximate surface area is 171 Å². The highest BCUT2D eigenvalue weighted by atomic mass is 16.5. The van der Waals surface area contributed by atoms with Crippen LogP contribution in [0.3, 0.4) is 0 Å². The molecule has 0 spiro atoms. The first-order chi connectivity index (χ1) is 14.1. The van der Waals surface area contributed by atoms with Crippen molar-refractivity contribution < 1.29 is 19.1 Å². The van der Waals surface area contributed by atoms with Gasteiger partial charge in [-0.25, -0.2) is 4.98 Å². The molecule has 2 fully saturated rings. The Morgan fingerprint density at radius 2 is 2.14 bits per heavy atom. The average Bonchev–Trinajstić information content (AvgIpc) is 3.44. The number of fused-ring (bicyclic) bond motifs is 1. The van der Waals surface area contributed by atoms with Crippen LogP contribution >= 0.6 is 0 Å². The fourth-order valence-electron chi connectivity index (χ4n) is 5.08. The Kier molecular flexibility index (Phi) is 6.03. The summed E-state index contributed by atoms with van der Waals surface area (Å²) < 4.78 is 12.5. The normalized spacial score (nSPS) is 24.9. The van der Waals surface area contributed by atoms with Crippen LogP contribution in [0.25, 0.3) is 0 Å². The third kappa shape index (κ3) is 4.55. The Hall–Kier alpha value is -2.16. The van der Waals surface area contributed by atoms with Crippen molar-refractivity contribution >= 4 is 5.97 Å². The van der Waals surface area contributed by atoms with Gasteiger partial charge in [-0.2, -0.15) is 0 Å². The Morgan fingerprint density at radius 1 is 1.34 bits per heavy atom. The van der Waals surface area contributed by atoms with E-state index in [1.165, 1.54) is 5.56 Å². The molecule has 8 heteroatoms. The quantitative estimate of drug-likeness (QED) is 0.650. The van der Waals surface area contributed by atoms with Gasteiger partial charge in [0.05, 0.1) is 25.7 Å². The van der Waals surface area contributed by atoms with Crippen LogP contribution in [0.5, 0.6) is 0 Å². The minimum atomic E-state index is -0.708. The summed E-state index contributed by atoms with van der Waals surface area (Å²) in [5.41, 5.74) is 1.21. The SMILES string of the molecule is COCCn1ccnc1CN1CC2CN(Cc3ccoc3)CC2(CCC(=O)O)C1. The monoisotopic (exact) mass is 402 g/mol. The van der Waals surface area contributed by atoms with E-state index in [1.54, 1.807) is 19.6 Å². The minimum Gasteiger partial charge on any atom is -0.481 e. The predicted octanol–water partition coefficient (Wildman–Crippen LogP) is 1.92. The predicted molar refractivity (Wildman–Crippen MR) is 106 cm³/mol. The zero-order chi connectivity index (χ0) is 20.3. The fraction of sp³-hybridized carbons (Fsp3) is 0.619. The number of nitrogens with zero attached hydrogens (tertiary/aromatic N) is 4. The van der Waals surface area contributed by atoms with Gasteiger partial charge in [-0.05, 0) is 18.4 Å². The van der Waals surface area contributed by atoms with Crippen LogP contribution in [0.1, 0.15) is 24.2 Å². The first kappa shape index (κ1) is 20.1. The number of carbonyl (C=O) groups is 1. The zero-order valence-corrected chi connectivity index (χ0v) is 17.0. The molecule has 2 unspecified atom stereocenters. The number of likely N-dealkylation sites (tertiary alicyclic amines) is 2. The summed E-state index contributed by atoms with van der Waals surface area (Å²) in [6, 6.07) is 2.00. The van der Waals surface area contributed by atoms with E-state index in [-0.39, 0.29) is 11.8 Å². The van der Waals surface area contributed by atoms with E-state index in [0.29, 0.717) is 12.5 Å². The van der Waals surface area contributed by atoms with Crippen molar-refractivity contribution in [3.63, 3.8) is 0 Å². The lowest BCUT2D eigenvalue weighted by Gasteiger charge is -2.29. The summed E-state index contributed by atoms with van der Waals surface area (Å²) in [6.45, 7) is 6.96. The molecule has 2 aromatic rings. The summed E-state index contributed by atoms with van der Waals surface area (Å²) in [5.74, 6) is 0.821. The molecule has 0 radical (unpaired) electrons. The molecule has 0 amide bonds. The van der Waals surface area contributed by atoms with Crippen LogP contribution in [0.4, 0.5) is 0 Å². The molecule has 0 bridgehead atoms. The highest BCUT2D eigenvalue weighted by Gasteiger charge is 2.52. The van der Waals surface area contributed by atoms with E-state index in [2.05, 4.69) is 19.4 Å². The highest BCUT2D eigenvalue weighted by molar-refractivity contribution is 5.66. The van der Waals surface area contributed by atoms with Gasteiger partial charge in [0.1, 0.15) is 5.82 Å². The second kappa shape index (κ2) is 8.69. The molecular formula is C21H30N4O4. The molecule has 2 saturated heterocycles. The van der Waals surface area contributed by atoms with Gasteiger partial charge in [-0.3, -0.25) is 14.6 Å². The number of aliphatic carboxylic acids is 1. The number of carboxylic acids is 1. The van der Waals surface area contributed by atoms with Gasteiger partial charge in [0.15, 0.2) is 0 Å². The van der Waals surface area contributed by atoms with Gasteiger partial charge in [0.25, 0.3) is 0 Å². The smallest absolute Gasteiger partial charge is 0.303 e. The van der Waals surface area contributed by atoms with Crippen molar-refractivity contribution in [3.8, 4) is 0 Å². The maximum Gasteiger partial charge on any atom is 0.303 e. The molecule has 29 heavy (non-hydrogen) atoms. The lowest BCUT2D eigenvalue weighted by molar-refractivity contribution is -0.137. The molecule has 8 nitrogen and oxygen atoms in total. The van der Waals surface area contributed by atoms with Gasteiger partial charge in [-0.1, -0.05) is 0 Å². The van der Waals surface area contributed by atoms with Crippen molar-refractivity contribution in [1.82, 2.24) is 19.4 Å².